The molecule has 0 bridgehead atoms. The van der Waals surface area contributed by atoms with Crippen molar-refractivity contribution in [3.8, 4) is 0 Å². The van der Waals surface area contributed by atoms with Gasteiger partial charge in [0.2, 0.25) is 0 Å². The number of rotatable bonds is 5. The van der Waals surface area contributed by atoms with Crippen molar-refractivity contribution in [2.24, 2.45) is 0 Å². The van der Waals surface area contributed by atoms with Crippen LogP contribution in [0, 0.1) is 24.0 Å². The van der Waals surface area contributed by atoms with E-state index in [2.05, 4.69) is 36.3 Å². The first kappa shape index (κ1) is 14.5. The van der Waals surface area contributed by atoms with Crippen molar-refractivity contribution in [1.29, 1.82) is 0 Å². The smallest absolute Gasteiger partial charge is 0.290 e. The molecule has 2 heterocycles. The Labute approximate surface area is 121 Å². The van der Waals surface area contributed by atoms with Gasteiger partial charge in [0.15, 0.2) is 0 Å². The molecule has 0 aliphatic heterocycles. The second-order valence-electron chi connectivity index (χ2n) is 4.82. The highest BCUT2D eigenvalue weighted by Gasteiger charge is 2.13. The van der Waals surface area contributed by atoms with Gasteiger partial charge < -0.3 is 5.32 Å². The first-order valence-electron chi connectivity index (χ1n) is 6.39. The normalized spacial score (nSPS) is 12.2. The van der Waals surface area contributed by atoms with Crippen LogP contribution in [0.1, 0.15) is 22.4 Å². The van der Waals surface area contributed by atoms with Crippen LogP contribution >= 0.6 is 11.3 Å². The summed E-state index contributed by atoms with van der Waals surface area (Å²) in [5.41, 5.74) is 0.483. The van der Waals surface area contributed by atoms with Crippen molar-refractivity contribution in [1.82, 2.24) is 4.98 Å². The zero-order valence-corrected chi connectivity index (χ0v) is 12.5. The van der Waals surface area contributed by atoms with Gasteiger partial charge in [-0.1, -0.05) is 0 Å². The van der Waals surface area contributed by atoms with Gasteiger partial charge in [-0.3, -0.25) is 10.1 Å². The summed E-state index contributed by atoms with van der Waals surface area (Å²) in [6.45, 7) is 5.82. The van der Waals surface area contributed by atoms with Gasteiger partial charge in [-0.2, -0.15) is 0 Å². The minimum Gasteiger partial charge on any atom is -0.367 e. The maximum atomic E-state index is 10.7. The third-order valence-corrected chi connectivity index (χ3v) is 3.98. The molecule has 0 fully saturated rings. The third-order valence-electron chi connectivity index (χ3n) is 2.95. The van der Waals surface area contributed by atoms with E-state index >= 15 is 0 Å². The van der Waals surface area contributed by atoms with Crippen molar-refractivity contribution in [2.75, 3.05) is 5.32 Å². The monoisotopic (exact) mass is 291 g/mol. The average molecular weight is 291 g/mol. The summed E-state index contributed by atoms with van der Waals surface area (Å²) < 4.78 is 0. The SMILES string of the molecule is Cc1ccc(CC(C)Nc2ccc([N+](=O)[O-])c(C)n2)s1. The fourth-order valence-corrected chi connectivity index (χ4v) is 3.05. The number of pyridine rings is 1. The Bertz CT molecular complexity index is 625. The van der Waals surface area contributed by atoms with Crippen molar-refractivity contribution in [3.63, 3.8) is 0 Å². The minimum absolute atomic E-state index is 0.0529. The van der Waals surface area contributed by atoms with Gasteiger partial charge in [0.1, 0.15) is 11.5 Å². The summed E-state index contributed by atoms with van der Waals surface area (Å²) in [6.07, 6.45) is 0.913. The van der Waals surface area contributed by atoms with Crippen LogP contribution in [-0.2, 0) is 6.42 Å². The van der Waals surface area contributed by atoms with Crippen LogP contribution in [-0.4, -0.2) is 15.9 Å². The lowest BCUT2D eigenvalue weighted by atomic mass is 10.2. The number of nitrogens with zero attached hydrogens (tertiary/aromatic N) is 2. The molecule has 1 unspecified atom stereocenters. The highest BCUT2D eigenvalue weighted by Crippen LogP contribution is 2.20. The maximum absolute atomic E-state index is 10.7. The van der Waals surface area contributed by atoms with E-state index in [9.17, 15) is 10.1 Å². The van der Waals surface area contributed by atoms with Crippen molar-refractivity contribution < 1.29 is 4.92 Å². The van der Waals surface area contributed by atoms with Gasteiger partial charge in [0, 0.05) is 28.3 Å². The Morgan fingerprint density at radius 3 is 2.65 bits per heavy atom. The molecular weight excluding hydrogens is 274 g/mol. The predicted molar refractivity (Wildman–Crippen MR) is 81.5 cm³/mol. The van der Waals surface area contributed by atoms with Gasteiger partial charge in [0.05, 0.1) is 4.92 Å². The van der Waals surface area contributed by atoms with Crippen molar-refractivity contribution in [2.45, 2.75) is 33.2 Å². The van der Waals surface area contributed by atoms with E-state index in [1.54, 1.807) is 24.3 Å². The molecule has 1 N–H and O–H groups in total. The van der Waals surface area contributed by atoms with E-state index in [0.717, 1.165) is 6.42 Å². The molecule has 0 aromatic carbocycles. The number of hydrogen-bond donors (Lipinski definition) is 1. The lowest BCUT2D eigenvalue weighted by molar-refractivity contribution is -0.385. The molecule has 1 atom stereocenters. The average Bonchev–Trinajstić information content (AvgIpc) is 2.74. The first-order valence-corrected chi connectivity index (χ1v) is 7.21. The lowest BCUT2D eigenvalue weighted by Crippen LogP contribution is -2.18. The highest BCUT2D eigenvalue weighted by molar-refractivity contribution is 7.11. The number of thiophene rings is 1. The van der Waals surface area contributed by atoms with Crippen LogP contribution in [0.25, 0.3) is 0 Å². The highest BCUT2D eigenvalue weighted by atomic mass is 32.1. The Hall–Kier alpha value is -1.95. The van der Waals surface area contributed by atoms with E-state index in [1.807, 2.05) is 0 Å². The zero-order valence-electron chi connectivity index (χ0n) is 11.7. The largest absolute Gasteiger partial charge is 0.367 e. The van der Waals surface area contributed by atoms with Crippen LogP contribution in [0.4, 0.5) is 11.5 Å². The van der Waals surface area contributed by atoms with Crippen LogP contribution < -0.4 is 5.32 Å². The molecule has 20 heavy (non-hydrogen) atoms. The van der Waals surface area contributed by atoms with Crippen LogP contribution in [0.5, 0.6) is 0 Å². The number of aryl methyl sites for hydroxylation is 2. The first-order chi connectivity index (χ1) is 9.45. The molecule has 106 valence electrons. The molecule has 2 rings (SSSR count). The third kappa shape index (κ3) is 3.54. The molecule has 0 saturated carbocycles. The molecule has 0 radical (unpaired) electrons. The van der Waals surface area contributed by atoms with Gasteiger partial charge in [0.25, 0.3) is 5.69 Å². The number of aromatic nitrogens is 1. The maximum Gasteiger partial charge on any atom is 0.290 e. The van der Waals surface area contributed by atoms with E-state index < -0.39 is 4.92 Å². The Balaban J connectivity index is 2.02. The van der Waals surface area contributed by atoms with E-state index in [4.69, 9.17) is 0 Å². The van der Waals surface area contributed by atoms with Crippen LogP contribution in [0.15, 0.2) is 24.3 Å². The van der Waals surface area contributed by atoms with Gasteiger partial charge in [-0.15, -0.1) is 11.3 Å². The van der Waals surface area contributed by atoms with E-state index in [-0.39, 0.29) is 11.7 Å². The number of anilines is 1. The van der Waals surface area contributed by atoms with Crippen LogP contribution in [0.2, 0.25) is 0 Å². The van der Waals surface area contributed by atoms with Gasteiger partial charge >= 0.3 is 0 Å². The summed E-state index contributed by atoms with van der Waals surface area (Å²) in [4.78, 5) is 17.2. The van der Waals surface area contributed by atoms with E-state index in [1.165, 1.54) is 15.8 Å². The van der Waals surface area contributed by atoms with Crippen molar-refractivity contribution in [3.05, 3.63) is 49.8 Å². The van der Waals surface area contributed by atoms with Crippen molar-refractivity contribution >= 4 is 22.8 Å². The molecule has 0 aliphatic rings. The fourth-order valence-electron chi connectivity index (χ4n) is 2.03. The van der Waals surface area contributed by atoms with Crippen LogP contribution in [0.3, 0.4) is 0 Å². The van der Waals surface area contributed by atoms with Gasteiger partial charge in [-0.25, -0.2) is 4.98 Å². The molecule has 0 amide bonds. The predicted octanol–water partition coefficient (Wildman–Crippen LogP) is 3.71. The number of nitro groups is 1. The molecule has 0 spiro atoms. The summed E-state index contributed by atoms with van der Waals surface area (Å²) in [5, 5.41) is 14.0. The standard InChI is InChI=1S/C14H17N3O2S/c1-9(8-12-5-4-10(2)20-12)15-14-7-6-13(17(18)19)11(3)16-14/h4-7,9H,8H2,1-3H3,(H,15,16). The van der Waals surface area contributed by atoms with Gasteiger partial charge in [-0.05, 0) is 39.0 Å². The lowest BCUT2D eigenvalue weighted by Gasteiger charge is -2.13. The Morgan fingerprint density at radius 1 is 1.35 bits per heavy atom. The topological polar surface area (TPSA) is 68.1 Å². The molecule has 5 nitrogen and oxygen atoms in total. The second-order valence-corrected chi connectivity index (χ2v) is 6.19. The quantitative estimate of drug-likeness (QED) is 0.673. The van der Waals surface area contributed by atoms with E-state index in [0.29, 0.717) is 11.5 Å². The molecule has 6 heteroatoms. The number of nitrogens with one attached hydrogen (secondary N) is 1. The second kappa shape index (κ2) is 6.00. The molecule has 2 aromatic heterocycles. The summed E-state index contributed by atoms with van der Waals surface area (Å²) in [7, 11) is 0. The Morgan fingerprint density at radius 2 is 2.10 bits per heavy atom. The fraction of sp³-hybridized carbons (Fsp3) is 0.357. The molecule has 0 aliphatic carbocycles. The summed E-state index contributed by atoms with van der Waals surface area (Å²) in [5.74, 6) is 0.675. The molecule has 0 saturated heterocycles. The Kier molecular flexibility index (Phi) is 4.34. The minimum atomic E-state index is -0.413. The number of hydrogen-bond acceptors (Lipinski definition) is 5. The zero-order chi connectivity index (χ0) is 14.7. The molecular formula is C14H17N3O2S. The molecule has 2 aromatic rings. The summed E-state index contributed by atoms with van der Waals surface area (Å²) in [6, 6.07) is 7.61. The summed E-state index contributed by atoms with van der Waals surface area (Å²) >= 11 is 1.79.